The largest absolute Gasteiger partial charge is 0.331 e. The lowest BCUT2D eigenvalue weighted by molar-refractivity contribution is 0.735. The summed E-state index contributed by atoms with van der Waals surface area (Å²) in [6.45, 7) is 5.75. The third kappa shape index (κ3) is 3.21. The Kier molecular flexibility index (Phi) is 4.07. The van der Waals surface area contributed by atoms with Gasteiger partial charge in [0.1, 0.15) is 0 Å². The van der Waals surface area contributed by atoms with E-state index in [0.717, 1.165) is 17.1 Å². The van der Waals surface area contributed by atoms with E-state index in [4.69, 9.17) is 12.2 Å². The normalized spacial score (nSPS) is 10.6. The molecule has 0 aliphatic carbocycles. The van der Waals surface area contributed by atoms with E-state index in [0.29, 0.717) is 16.9 Å². The first-order valence-electron chi connectivity index (χ1n) is 7.13. The number of thiocarbonyl (C=S) groups is 1. The average Bonchev–Trinajstić information content (AvgIpc) is 3.03. The maximum absolute atomic E-state index is 5.36. The Labute approximate surface area is 139 Å². The maximum Gasteiger partial charge on any atom is 0.271 e. The van der Waals surface area contributed by atoms with Crippen LogP contribution in [0.3, 0.4) is 0 Å². The van der Waals surface area contributed by atoms with Gasteiger partial charge in [0.05, 0.1) is 5.69 Å². The SMILES string of the molecule is Cc1cc(C)n(-c2nnc(C)n2NC(=S)Nc2ccccc2)n1. The molecule has 3 aromatic rings. The lowest BCUT2D eigenvalue weighted by Crippen LogP contribution is -2.30. The van der Waals surface area contributed by atoms with Crippen molar-refractivity contribution in [2.24, 2.45) is 0 Å². The van der Waals surface area contributed by atoms with Crippen LogP contribution in [-0.2, 0) is 0 Å². The molecule has 0 bridgehead atoms. The van der Waals surface area contributed by atoms with Crippen LogP contribution in [0.5, 0.6) is 0 Å². The third-order valence-corrected chi connectivity index (χ3v) is 3.45. The molecule has 118 valence electrons. The first-order chi connectivity index (χ1) is 11.0. The summed E-state index contributed by atoms with van der Waals surface area (Å²) in [6, 6.07) is 11.7. The number of nitrogens with one attached hydrogen (secondary N) is 2. The van der Waals surface area contributed by atoms with Crippen molar-refractivity contribution in [2.45, 2.75) is 20.8 Å². The molecule has 0 radical (unpaired) electrons. The van der Waals surface area contributed by atoms with E-state index in [9.17, 15) is 0 Å². The second-order valence-electron chi connectivity index (χ2n) is 5.15. The number of aryl methyl sites for hydroxylation is 3. The topological polar surface area (TPSA) is 72.6 Å². The van der Waals surface area contributed by atoms with E-state index in [-0.39, 0.29) is 0 Å². The Morgan fingerprint density at radius 1 is 1.09 bits per heavy atom. The quantitative estimate of drug-likeness (QED) is 0.719. The Bertz CT molecular complexity index is 835. The summed E-state index contributed by atoms with van der Waals surface area (Å²) in [7, 11) is 0. The van der Waals surface area contributed by atoms with Gasteiger partial charge >= 0.3 is 0 Å². The van der Waals surface area contributed by atoms with Gasteiger partial charge in [-0.25, -0.2) is 9.36 Å². The average molecular weight is 327 g/mol. The van der Waals surface area contributed by atoms with Crippen molar-refractivity contribution in [3.05, 3.63) is 53.6 Å². The lowest BCUT2D eigenvalue weighted by Gasteiger charge is -2.14. The Morgan fingerprint density at radius 3 is 2.48 bits per heavy atom. The van der Waals surface area contributed by atoms with Crippen LogP contribution in [0, 0.1) is 20.8 Å². The van der Waals surface area contributed by atoms with Gasteiger partial charge in [0.25, 0.3) is 5.95 Å². The molecule has 0 spiro atoms. The smallest absolute Gasteiger partial charge is 0.271 e. The van der Waals surface area contributed by atoms with Gasteiger partial charge < -0.3 is 5.32 Å². The molecule has 0 aliphatic rings. The summed E-state index contributed by atoms with van der Waals surface area (Å²) in [5, 5.41) is 16.3. The maximum atomic E-state index is 5.36. The first kappa shape index (κ1) is 15.2. The zero-order valence-electron chi connectivity index (χ0n) is 13.1. The van der Waals surface area contributed by atoms with Crippen LogP contribution in [0.2, 0.25) is 0 Å². The van der Waals surface area contributed by atoms with E-state index in [2.05, 4.69) is 26.0 Å². The van der Waals surface area contributed by atoms with E-state index < -0.39 is 0 Å². The van der Waals surface area contributed by atoms with Crippen molar-refractivity contribution in [3.8, 4) is 5.95 Å². The number of para-hydroxylation sites is 1. The predicted octanol–water partition coefficient (Wildman–Crippen LogP) is 2.33. The van der Waals surface area contributed by atoms with Crippen LogP contribution < -0.4 is 10.7 Å². The van der Waals surface area contributed by atoms with E-state index >= 15 is 0 Å². The highest BCUT2D eigenvalue weighted by Gasteiger charge is 2.15. The molecule has 23 heavy (non-hydrogen) atoms. The van der Waals surface area contributed by atoms with Gasteiger partial charge in [0.15, 0.2) is 10.9 Å². The number of hydrogen-bond donors (Lipinski definition) is 2. The van der Waals surface area contributed by atoms with Gasteiger partial charge in [-0.2, -0.15) is 5.10 Å². The molecule has 0 atom stereocenters. The van der Waals surface area contributed by atoms with Crippen molar-refractivity contribution in [2.75, 3.05) is 10.7 Å². The second kappa shape index (κ2) is 6.17. The van der Waals surface area contributed by atoms with Crippen molar-refractivity contribution in [1.29, 1.82) is 0 Å². The van der Waals surface area contributed by atoms with Crippen LogP contribution in [0.1, 0.15) is 17.2 Å². The van der Waals surface area contributed by atoms with Gasteiger partial charge in [-0.05, 0) is 51.2 Å². The number of hydrogen-bond acceptors (Lipinski definition) is 4. The van der Waals surface area contributed by atoms with Gasteiger partial charge in [0, 0.05) is 11.4 Å². The highest BCUT2D eigenvalue weighted by Crippen LogP contribution is 2.11. The monoisotopic (exact) mass is 327 g/mol. The molecule has 7 nitrogen and oxygen atoms in total. The van der Waals surface area contributed by atoms with Gasteiger partial charge in [-0.15, -0.1) is 10.2 Å². The molecule has 8 heteroatoms. The minimum Gasteiger partial charge on any atom is -0.331 e. The molecule has 3 rings (SSSR count). The van der Waals surface area contributed by atoms with E-state index in [1.165, 1.54) is 0 Å². The molecular weight excluding hydrogens is 310 g/mol. The van der Waals surface area contributed by atoms with E-state index in [1.54, 1.807) is 9.36 Å². The number of aromatic nitrogens is 5. The first-order valence-corrected chi connectivity index (χ1v) is 7.54. The molecule has 0 saturated carbocycles. The van der Waals surface area contributed by atoms with Crippen LogP contribution in [-0.4, -0.2) is 29.8 Å². The fourth-order valence-corrected chi connectivity index (χ4v) is 2.44. The minimum atomic E-state index is 0.446. The summed E-state index contributed by atoms with van der Waals surface area (Å²) in [5.41, 5.74) is 5.89. The zero-order valence-corrected chi connectivity index (χ0v) is 13.9. The molecule has 2 heterocycles. The van der Waals surface area contributed by atoms with Gasteiger partial charge in [-0.1, -0.05) is 18.2 Å². The zero-order chi connectivity index (χ0) is 16.4. The minimum absolute atomic E-state index is 0.446. The summed E-state index contributed by atoms with van der Waals surface area (Å²) >= 11 is 5.36. The van der Waals surface area contributed by atoms with Crippen LogP contribution in [0.4, 0.5) is 5.69 Å². The Hall–Kier alpha value is -2.74. The molecule has 0 saturated heterocycles. The standard InChI is InChI=1S/C15H17N7S/c1-10-9-11(2)21(19-10)15-18-17-12(3)22(15)20-14(23)16-13-7-5-4-6-8-13/h4-9H,1-3H3,(H2,16,20,23). The van der Waals surface area contributed by atoms with Crippen molar-refractivity contribution in [1.82, 2.24) is 24.7 Å². The summed E-state index contributed by atoms with van der Waals surface area (Å²) < 4.78 is 3.44. The molecule has 0 aliphatic heterocycles. The highest BCUT2D eigenvalue weighted by atomic mass is 32.1. The van der Waals surface area contributed by atoms with E-state index in [1.807, 2.05) is 57.2 Å². The fraction of sp³-hybridized carbons (Fsp3) is 0.200. The molecule has 2 aromatic heterocycles. The van der Waals surface area contributed by atoms with Crippen LogP contribution >= 0.6 is 12.2 Å². The van der Waals surface area contributed by atoms with Crippen molar-refractivity contribution in [3.63, 3.8) is 0 Å². The fourth-order valence-electron chi connectivity index (χ4n) is 2.23. The number of rotatable bonds is 3. The number of anilines is 1. The number of nitrogens with zero attached hydrogens (tertiary/aromatic N) is 5. The van der Waals surface area contributed by atoms with Crippen molar-refractivity contribution >= 4 is 23.0 Å². The molecule has 1 aromatic carbocycles. The molecule has 0 amide bonds. The molecule has 2 N–H and O–H groups in total. The summed E-state index contributed by atoms with van der Waals surface area (Å²) in [5.74, 6) is 1.25. The second-order valence-corrected chi connectivity index (χ2v) is 5.56. The lowest BCUT2D eigenvalue weighted by atomic mass is 10.3. The van der Waals surface area contributed by atoms with Gasteiger partial charge in [0.2, 0.25) is 0 Å². The Morgan fingerprint density at radius 2 is 1.83 bits per heavy atom. The molecular formula is C15H17N7S. The van der Waals surface area contributed by atoms with Crippen LogP contribution in [0.25, 0.3) is 5.95 Å². The predicted molar refractivity (Wildman–Crippen MR) is 93.4 cm³/mol. The molecule has 0 fully saturated rings. The third-order valence-electron chi connectivity index (χ3n) is 3.25. The number of benzene rings is 1. The Balaban J connectivity index is 1.85. The highest BCUT2D eigenvalue weighted by molar-refractivity contribution is 7.80. The summed E-state index contributed by atoms with van der Waals surface area (Å²) in [4.78, 5) is 0. The summed E-state index contributed by atoms with van der Waals surface area (Å²) in [6.07, 6.45) is 0. The van der Waals surface area contributed by atoms with Crippen molar-refractivity contribution < 1.29 is 0 Å². The van der Waals surface area contributed by atoms with Gasteiger partial charge in [-0.3, -0.25) is 5.43 Å². The molecule has 0 unspecified atom stereocenters. The van der Waals surface area contributed by atoms with Crippen LogP contribution in [0.15, 0.2) is 36.4 Å².